The van der Waals surface area contributed by atoms with Gasteiger partial charge in [0.25, 0.3) is 0 Å². The first-order chi connectivity index (χ1) is 13.8. The van der Waals surface area contributed by atoms with Gasteiger partial charge in [0, 0.05) is 12.1 Å². The number of hydrogen-bond donors (Lipinski definition) is 2. The molecule has 2 fully saturated rings. The van der Waals surface area contributed by atoms with Crippen LogP contribution in [0.25, 0.3) is 0 Å². The van der Waals surface area contributed by atoms with E-state index in [4.69, 9.17) is 0 Å². The molecule has 2 aromatic rings. The average molecular weight is 374 g/mol. The van der Waals surface area contributed by atoms with Gasteiger partial charge in [0.05, 0.1) is 6.07 Å². The van der Waals surface area contributed by atoms with Gasteiger partial charge in [0.1, 0.15) is 5.41 Å². The summed E-state index contributed by atoms with van der Waals surface area (Å²) < 4.78 is 0. The highest BCUT2D eigenvalue weighted by Gasteiger charge is 2.45. The van der Waals surface area contributed by atoms with Gasteiger partial charge in [-0.15, -0.1) is 0 Å². The second-order valence-electron chi connectivity index (χ2n) is 8.39. The summed E-state index contributed by atoms with van der Waals surface area (Å²) in [6, 6.07) is 24.8. The van der Waals surface area contributed by atoms with E-state index in [1.807, 2.05) is 12.1 Å². The molecule has 28 heavy (non-hydrogen) atoms. The molecule has 3 nitrogen and oxygen atoms in total. The number of nitrogens with one attached hydrogen (secondary N) is 2. The SMILES string of the molecule is N#CC(c1ccccc1)(c1ccccc1)C1CCC(NCC[C@@H]2CCCN2)C1. The van der Waals surface area contributed by atoms with Gasteiger partial charge < -0.3 is 10.6 Å². The lowest BCUT2D eigenvalue weighted by atomic mass is 9.66. The minimum absolute atomic E-state index is 0.337. The predicted octanol–water partition coefficient (Wildman–Crippen LogP) is 4.40. The zero-order valence-corrected chi connectivity index (χ0v) is 16.6. The second-order valence-corrected chi connectivity index (χ2v) is 8.39. The average Bonchev–Trinajstić information content (AvgIpc) is 3.44. The van der Waals surface area contributed by atoms with Crippen molar-refractivity contribution >= 4 is 0 Å². The van der Waals surface area contributed by atoms with E-state index < -0.39 is 5.41 Å². The molecule has 0 bridgehead atoms. The Balaban J connectivity index is 1.50. The van der Waals surface area contributed by atoms with Gasteiger partial charge in [-0.3, -0.25) is 0 Å². The maximum Gasteiger partial charge on any atom is 0.110 e. The summed E-state index contributed by atoms with van der Waals surface area (Å²) in [4.78, 5) is 0. The Kier molecular flexibility index (Phi) is 6.10. The van der Waals surface area contributed by atoms with Crippen molar-refractivity contribution in [3.63, 3.8) is 0 Å². The molecular weight excluding hydrogens is 342 g/mol. The van der Waals surface area contributed by atoms with Crippen molar-refractivity contribution in [3.8, 4) is 6.07 Å². The van der Waals surface area contributed by atoms with Crippen LogP contribution in [0.1, 0.15) is 49.7 Å². The van der Waals surface area contributed by atoms with Crippen LogP contribution in [0.3, 0.4) is 0 Å². The summed E-state index contributed by atoms with van der Waals surface area (Å²) in [7, 11) is 0. The first kappa shape index (κ1) is 19.2. The van der Waals surface area contributed by atoms with Gasteiger partial charge >= 0.3 is 0 Å². The minimum atomic E-state index is -0.564. The third kappa shape index (κ3) is 3.85. The number of benzene rings is 2. The monoisotopic (exact) mass is 373 g/mol. The second kappa shape index (κ2) is 8.90. The number of nitriles is 1. The molecule has 146 valence electrons. The predicted molar refractivity (Wildman–Crippen MR) is 114 cm³/mol. The zero-order chi connectivity index (χ0) is 19.2. The molecule has 2 N–H and O–H groups in total. The van der Waals surface area contributed by atoms with Crippen molar-refractivity contribution in [2.75, 3.05) is 13.1 Å². The van der Waals surface area contributed by atoms with Crippen molar-refractivity contribution in [3.05, 3.63) is 71.8 Å². The number of nitrogens with zero attached hydrogens (tertiary/aromatic N) is 1. The van der Waals surface area contributed by atoms with Crippen molar-refractivity contribution < 1.29 is 0 Å². The first-order valence-corrected chi connectivity index (χ1v) is 10.8. The topological polar surface area (TPSA) is 47.9 Å². The maximum absolute atomic E-state index is 10.5. The van der Waals surface area contributed by atoms with Crippen LogP contribution in [0, 0.1) is 17.2 Å². The molecule has 0 spiro atoms. The highest BCUT2D eigenvalue weighted by atomic mass is 15.0. The van der Waals surface area contributed by atoms with E-state index in [1.54, 1.807) is 0 Å². The molecule has 0 aromatic heterocycles. The lowest BCUT2D eigenvalue weighted by molar-refractivity contribution is 0.383. The van der Waals surface area contributed by atoms with E-state index in [9.17, 15) is 5.26 Å². The van der Waals surface area contributed by atoms with E-state index in [0.29, 0.717) is 18.0 Å². The molecule has 2 aromatic carbocycles. The Bertz CT molecular complexity index is 735. The Morgan fingerprint density at radius 3 is 2.21 bits per heavy atom. The van der Waals surface area contributed by atoms with E-state index in [-0.39, 0.29) is 0 Å². The van der Waals surface area contributed by atoms with E-state index >= 15 is 0 Å². The number of rotatable bonds is 7. The molecular formula is C25H31N3. The molecule has 2 unspecified atom stereocenters. The van der Waals surface area contributed by atoms with Gasteiger partial charge in [0.15, 0.2) is 0 Å². The van der Waals surface area contributed by atoms with Crippen LogP contribution in [0.15, 0.2) is 60.7 Å². The van der Waals surface area contributed by atoms with Crippen LogP contribution < -0.4 is 10.6 Å². The molecule has 1 aliphatic carbocycles. The van der Waals surface area contributed by atoms with E-state index in [2.05, 4.69) is 65.2 Å². The summed E-state index contributed by atoms with van der Waals surface area (Å²) in [5.74, 6) is 0.337. The molecule has 4 rings (SSSR count). The van der Waals surface area contributed by atoms with E-state index in [1.165, 1.54) is 25.8 Å². The molecule has 1 saturated carbocycles. The van der Waals surface area contributed by atoms with Crippen LogP contribution in [0.2, 0.25) is 0 Å². The molecule has 2 aliphatic rings. The van der Waals surface area contributed by atoms with Gasteiger partial charge in [0.2, 0.25) is 0 Å². The summed E-state index contributed by atoms with van der Waals surface area (Å²) in [5, 5.41) is 17.8. The molecule has 1 saturated heterocycles. The van der Waals surface area contributed by atoms with Crippen LogP contribution >= 0.6 is 0 Å². The highest BCUT2D eigenvalue weighted by molar-refractivity contribution is 5.47. The van der Waals surface area contributed by atoms with Crippen LogP contribution in [0.5, 0.6) is 0 Å². The Morgan fingerprint density at radius 1 is 0.964 bits per heavy atom. The molecule has 1 aliphatic heterocycles. The van der Waals surface area contributed by atoms with Crippen molar-refractivity contribution in [1.29, 1.82) is 5.26 Å². The molecule has 1 heterocycles. The third-order valence-electron chi connectivity index (χ3n) is 6.77. The molecule has 0 amide bonds. The van der Waals surface area contributed by atoms with Crippen LogP contribution in [0.4, 0.5) is 0 Å². The molecule has 3 heteroatoms. The van der Waals surface area contributed by atoms with Crippen molar-refractivity contribution in [2.24, 2.45) is 5.92 Å². The molecule has 0 radical (unpaired) electrons. The molecule has 3 atom stereocenters. The Labute approximate surface area is 169 Å². The smallest absolute Gasteiger partial charge is 0.110 e. The lowest BCUT2D eigenvalue weighted by Gasteiger charge is -2.34. The van der Waals surface area contributed by atoms with Crippen LogP contribution in [-0.2, 0) is 5.41 Å². The lowest BCUT2D eigenvalue weighted by Crippen LogP contribution is -2.36. The number of hydrogen-bond acceptors (Lipinski definition) is 3. The quantitative estimate of drug-likeness (QED) is 0.756. The largest absolute Gasteiger partial charge is 0.314 e. The van der Waals surface area contributed by atoms with Gasteiger partial charge in [-0.25, -0.2) is 0 Å². The Hall–Kier alpha value is -2.15. The van der Waals surface area contributed by atoms with Gasteiger partial charge in [-0.05, 0) is 68.7 Å². The van der Waals surface area contributed by atoms with Gasteiger partial charge in [-0.1, -0.05) is 60.7 Å². The van der Waals surface area contributed by atoms with Crippen LogP contribution in [-0.4, -0.2) is 25.2 Å². The summed E-state index contributed by atoms with van der Waals surface area (Å²) in [6.07, 6.45) is 7.16. The first-order valence-electron chi connectivity index (χ1n) is 10.8. The summed E-state index contributed by atoms with van der Waals surface area (Å²) in [5.41, 5.74) is 1.69. The normalized spacial score (nSPS) is 24.9. The fraction of sp³-hybridized carbons (Fsp3) is 0.480. The zero-order valence-electron chi connectivity index (χ0n) is 16.6. The van der Waals surface area contributed by atoms with Crippen molar-refractivity contribution in [2.45, 2.75) is 56.0 Å². The third-order valence-corrected chi connectivity index (χ3v) is 6.77. The van der Waals surface area contributed by atoms with Gasteiger partial charge in [-0.2, -0.15) is 5.26 Å². The minimum Gasteiger partial charge on any atom is -0.314 e. The van der Waals surface area contributed by atoms with E-state index in [0.717, 1.165) is 36.9 Å². The van der Waals surface area contributed by atoms with Crippen molar-refractivity contribution in [1.82, 2.24) is 10.6 Å². The fourth-order valence-corrected chi connectivity index (χ4v) is 5.29. The standard InChI is InChI=1S/C25H31N3/c26-19-25(20-8-3-1-4-9-20,21-10-5-2-6-11-21)22-13-14-24(18-22)28-17-15-23-12-7-16-27-23/h1-6,8-11,22-24,27-28H,7,12-18H2/t22?,23-,24?/m0/s1. The fourth-order valence-electron chi connectivity index (χ4n) is 5.29. The Morgan fingerprint density at radius 2 is 1.64 bits per heavy atom. The summed E-state index contributed by atoms with van der Waals surface area (Å²) in [6.45, 7) is 2.25. The summed E-state index contributed by atoms with van der Waals surface area (Å²) >= 11 is 0. The maximum atomic E-state index is 10.5. The highest BCUT2D eigenvalue weighted by Crippen LogP contribution is 2.46.